The molecule has 8 nitrogen and oxygen atoms in total. The molecular weight excluding hydrogens is 404 g/mol. The molecule has 1 unspecified atom stereocenters. The zero-order valence-corrected chi connectivity index (χ0v) is 17.3. The quantitative estimate of drug-likeness (QED) is 0.787. The van der Waals surface area contributed by atoms with Crippen LogP contribution >= 0.6 is 0 Å². The van der Waals surface area contributed by atoms with E-state index in [1.54, 1.807) is 41.4 Å². The number of amides is 2. The number of rotatable bonds is 5. The molecule has 1 aromatic carbocycles. The molecule has 1 aromatic heterocycles. The van der Waals surface area contributed by atoms with Gasteiger partial charge in [-0.1, -0.05) is 6.07 Å². The first-order valence-corrected chi connectivity index (χ1v) is 11.5. The van der Waals surface area contributed by atoms with Gasteiger partial charge >= 0.3 is 0 Å². The molecule has 2 aliphatic rings. The van der Waals surface area contributed by atoms with Gasteiger partial charge in [-0.05, 0) is 55.7 Å². The van der Waals surface area contributed by atoms with Gasteiger partial charge in [-0.25, -0.2) is 13.4 Å². The number of benzene rings is 1. The van der Waals surface area contributed by atoms with Crippen molar-refractivity contribution in [3.63, 3.8) is 0 Å². The van der Waals surface area contributed by atoms with E-state index in [4.69, 9.17) is 0 Å². The number of carbonyl (C=O) groups excluding carboxylic acids is 2. The Balaban J connectivity index is 1.45. The molecule has 2 fully saturated rings. The van der Waals surface area contributed by atoms with Gasteiger partial charge in [-0.2, -0.15) is 4.31 Å². The van der Waals surface area contributed by atoms with Gasteiger partial charge < -0.3 is 10.2 Å². The molecule has 2 aromatic rings. The standard InChI is InChI=1S/C21H24N4O4S/c26-20-7-4-14-25(20)17-8-10-18(11-9-17)30(28,29)24-13-3-5-16(15-24)21(27)23-19-6-1-2-12-22-19/h1-2,6,8-12,16H,3-5,7,13-15H2,(H,22,23,27). The fourth-order valence-electron chi connectivity index (χ4n) is 3.91. The van der Waals surface area contributed by atoms with Gasteiger partial charge in [-0.15, -0.1) is 0 Å². The van der Waals surface area contributed by atoms with Crippen LogP contribution in [0.4, 0.5) is 11.5 Å². The Morgan fingerprint density at radius 2 is 1.87 bits per heavy atom. The summed E-state index contributed by atoms with van der Waals surface area (Å²) in [6.07, 6.45) is 4.16. The predicted molar refractivity (Wildman–Crippen MR) is 112 cm³/mol. The first kappa shape index (κ1) is 20.5. The number of piperidine rings is 1. The third kappa shape index (κ3) is 4.22. The van der Waals surface area contributed by atoms with Crippen LogP contribution in [-0.4, -0.2) is 49.2 Å². The molecule has 0 aliphatic carbocycles. The van der Waals surface area contributed by atoms with Gasteiger partial charge in [-0.3, -0.25) is 9.59 Å². The fraction of sp³-hybridized carbons (Fsp3) is 0.381. The van der Waals surface area contributed by atoms with Crippen LogP contribution in [0, 0.1) is 5.92 Å². The zero-order chi connectivity index (χ0) is 21.1. The molecule has 2 amide bonds. The lowest BCUT2D eigenvalue weighted by atomic mass is 9.99. The monoisotopic (exact) mass is 428 g/mol. The highest BCUT2D eigenvalue weighted by molar-refractivity contribution is 7.89. The van der Waals surface area contributed by atoms with Gasteiger partial charge in [0, 0.05) is 37.9 Å². The average Bonchev–Trinajstić information content (AvgIpc) is 3.20. The Bertz CT molecular complexity index is 1020. The third-order valence-corrected chi connectivity index (χ3v) is 7.41. The molecule has 1 atom stereocenters. The van der Waals surface area contributed by atoms with E-state index in [1.807, 2.05) is 0 Å². The summed E-state index contributed by atoms with van der Waals surface area (Å²) < 4.78 is 27.6. The zero-order valence-electron chi connectivity index (χ0n) is 16.5. The summed E-state index contributed by atoms with van der Waals surface area (Å²) in [7, 11) is -3.72. The molecular formula is C21H24N4O4S. The van der Waals surface area contributed by atoms with Crippen LogP contribution in [0.5, 0.6) is 0 Å². The number of anilines is 2. The molecule has 2 aliphatic heterocycles. The van der Waals surface area contributed by atoms with Crippen molar-refractivity contribution in [1.29, 1.82) is 0 Å². The Labute approximate surface area is 175 Å². The van der Waals surface area contributed by atoms with Crippen molar-refractivity contribution in [2.45, 2.75) is 30.6 Å². The number of hydrogen-bond acceptors (Lipinski definition) is 5. The van der Waals surface area contributed by atoms with Crippen LogP contribution in [0.25, 0.3) is 0 Å². The second kappa shape index (κ2) is 8.53. The normalized spacial score (nSPS) is 20.3. The number of carbonyl (C=O) groups is 2. The molecule has 1 N–H and O–H groups in total. The van der Waals surface area contributed by atoms with Gasteiger partial charge in [0.2, 0.25) is 21.8 Å². The Kier molecular flexibility index (Phi) is 5.83. The van der Waals surface area contributed by atoms with E-state index in [-0.39, 0.29) is 23.3 Å². The van der Waals surface area contributed by atoms with Crippen LogP contribution in [0.2, 0.25) is 0 Å². The smallest absolute Gasteiger partial charge is 0.243 e. The van der Waals surface area contributed by atoms with Crippen molar-refractivity contribution in [1.82, 2.24) is 9.29 Å². The maximum atomic E-state index is 13.1. The number of nitrogens with zero attached hydrogens (tertiary/aromatic N) is 3. The van der Waals surface area contributed by atoms with E-state index in [2.05, 4.69) is 10.3 Å². The molecule has 0 saturated carbocycles. The number of aromatic nitrogens is 1. The van der Waals surface area contributed by atoms with Crippen molar-refractivity contribution in [2.75, 3.05) is 29.9 Å². The number of nitrogens with one attached hydrogen (secondary N) is 1. The summed E-state index contributed by atoms with van der Waals surface area (Å²) in [5.41, 5.74) is 0.711. The van der Waals surface area contributed by atoms with Gasteiger partial charge in [0.25, 0.3) is 0 Å². The van der Waals surface area contributed by atoms with E-state index >= 15 is 0 Å². The second-order valence-electron chi connectivity index (χ2n) is 7.55. The topological polar surface area (TPSA) is 99.7 Å². The fourth-order valence-corrected chi connectivity index (χ4v) is 5.43. The Morgan fingerprint density at radius 1 is 1.07 bits per heavy atom. The minimum atomic E-state index is -3.72. The van der Waals surface area contributed by atoms with Crippen molar-refractivity contribution >= 4 is 33.3 Å². The highest BCUT2D eigenvalue weighted by Gasteiger charge is 2.33. The predicted octanol–water partition coefficient (Wildman–Crippen LogP) is 2.25. The molecule has 158 valence electrons. The summed E-state index contributed by atoms with van der Waals surface area (Å²) in [6, 6.07) is 11.6. The summed E-state index contributed by atoms with van der Waals surface area (Å²) >= 11 is 0. The molecule has 0 bridgehead atoms. The van der Waals surface area contributed by atoms with Gasteiger partial charge in [0.15, 0.2) is 0 Å². The van der Waals surface area contributed by atoms with Gasteiger partial charge in [0.05, 0.1) is 10.8 Å². The summed E-state index contributed by atoms with van der Waals surface area (Å²) in [4.78, 5) is 30.4. The minimum Gasteiger partial charge on any atom is -0.312 e. The van der Waals surface area contributed by atoms with Crippen molar-refractivity contribution < 1.29 is 18.0 Å². The maximum absolute atomic E-state index is 13.1. The average molecular weight is 429 g/mol. The Hall–Kier alpha value is -2.78. The molecule has 0 spiro atoms. The van der Waals surface area contributed by atoms with Crippen LogP contribution < -0.4 is 10.2 Å². The minimum absolute atomic E-state index is 0.0587. The van der Waals surface area contributed by atoms with Crippen LogP contribution in [0.3, 0.4) is 0 Å². The molecule has 2 saturated heterocycles. The SMILES string of the molecule is O=C(Nc1ccccn1)C1CCCN(S(=O)(=O)c2ccc(N3CCCC3=O)cc2)C1. The van der Waals surface area contributed by atoms with Crippen molar-refractivity contribution in [3.05, 3.63) is 48.7 Å². The Morgan fingerprint density at radius 3 is 2.53 bits per heavy atom. The molecule has 9 heteroatoms. The summed E-state index contributed by atoms with van der Waals surface area (Å²) in [5.74, 6) is -0.147. The van der Waals surface area contributed by atoms with E-state index in [0.29, 0.717) is 43.9 Å². The van der Waals surface area contributed by atoms with E-state index in [1.165, 1.54) is 16.4 Å². The highest BCUT2D eigenvalue weighted by atomic mass is 32.2. The first-order valence-electron chi connectivity index (χ1n) is 10.1. The van der Waals surface area contributed by atoms with Crippen LogP contribution in [0.1, 0.15) is 25.7 Å². The highest BCUT2D eigenvalue weighted by Crippen LogP contribution is 2.27. The van der Waals surface area contributed by atoms with E-state index in [9.17, 15) is 18.0 Å². The lowest BCUT2D eigenvalue weighted by Gasteiger charge is -2.31. The lowest BCUT2D eigenvalue weighted by Crippen LogP contribution is -2.43. The second-order valence-corrected chi connectivity index (χ2v) is 9.49. The molecule has 0 radical (unpaired) electrons. The summed E-state index contributed by atoms with van der Waals surface area (Å²) in [5, 5.41) is 2.76. The van der Waals surface area contributed by atoms with E-state index in [0.717, 1.165) is 6.42 Å². The third-order valence-electron chi connectivity index (χ3n) is 5.53. The van der Waals surface area contributed by atoms with E-state index < -0.39 is 15.9 Å². The van der Waals surface area contributed by atoms with Crippen LogP contribution in [-0.2, 0) is 19.6 Å². The molecule has 3 heterocycles. The van der Waals surface area contributed by atoms with Crippen LogP contribution in [0.15, 0.2) is 53.6 Å². The van der Waals surface area contributed by atoms with Crippen molar-refractivity contribution in [3.8, 4) is 0 Å². The molecule has 30 heavy (non-hydrogen) atoms. The first-order chi connectivity index (χ1) is 14.4. The largest absolute Gasteiger partial charge is 0.312 e. The lowest BCUT2D eigenvalue weighted by molar-refractivity contribution is -0.121. The summed E-state index contributed by atoms with van der Waals surface area (Å²) in [6.45, 7) is 1.17. The maximum Gasteiger partial charge on any atom is 0.243 e. The number of hydrogen-bond donors (Lipinski definition) is 1. The number of pyridine rings is 1. The number of sulfonamides is 1. The van der Waals surface area contributed by atoms with Crippen molar-refractivity contribution in [2.24, 2.45) is 5.92 Å². The van der Waals surface area contributed by atoms with Gasteiger partial charge in [0.1, 0.15) is 5.82 Å². The molecule has 4 rings (SSSR count).